The molecule has 2 atom stereocenters. The summed E-state index contributed by atoms with van der Waals surface area (Å²) in [6.07, 6.45) is 62.9. The molecule has 0 bridgehead atoms. The number of hydrogen-bond donors (Lipinski definition) is 2. The van der Waals surface area contributed by atoms with E-state index < -0.39 is 32.5 Å². The lowest BCUT2D eigenvalue weighted by Crippen LogP contribution is -2.29. The van der Waals surface area contributed by atoms with E-state index in [-0.39, 0.29) is 32.6 Å². The molecule has 3 N–H and O–H groups in total. The quantitative estimate of drug-likeness (QED) is 0.0265. The first-order valence-corrected chi connectivity index (χ1v) is 26.2. The van der Waals surface area contributed by atoms with E-state index in [1.165, 1.54) is 38.5 Å². The smallest absolute Gasteiger partial charge is 0.462 e. The maximum absolute atomic E-state index is 12.6. The van der Waals surface area contributed by atoms with Crippen molar-refractivity contribution in [3.63, 3.8) is 0 Å². The molecule has 360 valence electrons. The number of phosphoric ester groups is 1. The maximum Gasteiger partial charge on any atom is 0.472 e. The molecule has 0 spiro atoms. The van der Waals surface area contributed by atoms with E-state index in [9.17, 15) is 19.0 Å². The molecule has 0 saturated heterocycles. The largest absolute Gasteiger partial charge is 0.472 e. The van der Waals surface area contributed by atoms with Crippen molar-refractivity contribution in [1.29, 1.82) is 0 Å². The summed E-state index contributed by atoms with van der Waals surface area (Å²) in [4.78, 5) is 35.0. The van der Waals surface area contributed by atoms with Crippen LogP contribution in [0.3, 0.4) is 0 Å². The highest BCUT2D eigenvalue weighted by molar-refractivity contribution is 7.47. The molecule has 0 rings (SSSR count). The van der Waals surface area contributed by atoms with Gasteiger partial charge in [-0.15, -0.1) is 0 Å². The van der Waals surface area contributed by atoms with Crippen molar-refractivity contribution in [2.75, 3.05) is 26.4 Å². The highest BCUT2D eigenvalue weighted by Crippen LogP contribution is 2.43. The number of carbonyl (C=O) groups excluding carboxylic acids is 2. The van der Waals surface area contributed by atoms with Gasteiger partial charge in [0.2, 0.25) is 0 Å². The third-order valence-corrected chi connectivity index (χ3v) is 10.9. The number of allylic oxidation sites excluding steroid dienone is 16. The Kier molecular flexibility index (Phi) is 46.0. The lowest BCUT2D eigenvalue weighted by atomic mass is 10.1. The molecule has 0 radical (unpaired) electrons. The Morgan fingerprint density at radius 2 is 0.873 bits per heavy atom. The van der Waals surface area contributed by atoms with Gasteiger partial charge in [0.15, 0.2) is 6.10 Å². The fourth-order valence-electron chi connectivity index (χ4n) is 6.31. The average molecular weight is 900 g/mol. The summed E-state index contributed by atoms with van der Waals surface area (Å²) in [5, 5.41) is 0. The fraction of sp³-hybridized carbons (Fsp3) is 0.660. The van der Waals surface area contributed by atoms with E-state index in [0.29, 0.717) is 12.8 Å². The Labute approximate surface area is 385 Å². The zero-order valence-electron chi connectivity index (χ0n) is 39.8. The van der Waals surface area contributed by atoms with Crippen LogP contribution < -0.4 is 5.73 Å². The van der Waals surface area contributed by atoms with Gasteiger partial charge in [0.25, 0.3) is 0 Å². The minimum Gasteiger partial charge on any atom is -0.462 e. The summed E-state index contributed by atoms with van der Waals surface area (Å²) >= 11 is 0. The van der Waals surface area contributed by atoms with Crippen LogP contribution in [0.25, 0.3) is 0 Å². The lowest BCUT2D eigenvalue weighted by Gasteiger charge is -2.19. The standard InChI is InChI=1S/C53H90NO8P/c1-3-5-7-9-11-13-15-17-19-21-23-25-27-29-31-33-35-37-39-41-43-45-52(55)59-49-51(50-61-63(57,58)60-48-47-54)62-53(56)46-44-42-40-38-36-34-32-30-28-26-24-22-20-18-16-14-12-10-8-6-4-2/h6,8,12,14-15,17-18,20-21,23-24,26-27,29-30,32,51H,3-5,7,9-11,13,16,19,22,25,28,31,33-50,54H2,1-2H3,(H,57,58)/b8-6-,14-12-,17-15-,20-18-,23-21-,26-24-,29-27-,32-30-. The summed E-state index contributed by atoms with van der Waals surface area (Å²) in [5.74, 6) is -0.872. The van der Waals surface area contributed by atoms with E-state index in [2.05, 4.69) is 111 Å². The van der Waals surface area contributed by atoms with Crippen molar-refractivity contribution >= 4 is 19.8 Å². The summed E-state index contributed by atoms with van der Waals surface area (Å²) in [6, 6.07) is 0. The molecule has 9 nitrogen and oxygen atoms in total. The molecule has 0 aliphatic carbocycles. The fourth-order valence-corrected chi connectivity index (χ4v) is 7.08. The Bertz CT molecular complexity index is 1350. The highest BCUT2D eigenvalue weighted by Gasteiger charge is 2.26. The van der Waals surface area contributed by atoms with Gasteiger partial charge in [-0.3, -0.25) is 18.6 Å². The number of unbranched alkanes of at least 4 members (excludes halogenated alkanes) is 16. The van der Waals surface area contributed by atoms with E-state index in [0.717, 1.165) is 116 Å². The average Bonchev–Trinajstić information content (AvgIpc) is 3.27. The molecule has 0 aromatic heterocycles. The van der Waals surface area contributed by atoms with E-state index >= 15 is 0 Å². The summed E-state index contributed by atoms with van der Waals surface area (Å²) < 4.78 is 32.9. The molecule has 0 aliphatic rings. The van der Waals surface area contributed by atoms with Gasteiger partial charge in [-0.05, 0) is 96.3 Å². The van der Waals surface area contributed by atoms with Gasteiger partial charge >= 0.3 is 19.8 Å². The summed E-state index contributed by atoms with van der Waals surface area (Å²) in [6.45, 7) is 3.56. The zero-order valence-corrected chi connectivity index (χ0v) is 40.7. The first-order valence-electron chi connectivity index (χ1n) is 24.7. The molecule has 0 heterocycles. The van der Waals surface area contributed by atoms with Crippen LogP contribution in [0.4, 0.5) is 0 Å². The predicted molar refractivity (Wildman–Crippen MR) is 265 cm³/mol. The van der Waals surface area contributed by atoms with Gasteiger partial charge in [-0.1, -0.05) is 182 Å². The van der Waals surface area contributed by atoms with Crippen molar-refractivity contribution < 1.29 is 37.6 Å². The molecular weight excluding hydrogens is 810 g/mol. The van der Waals surface area contributed by atoms with Crippen molar-refractivity contribution in [2.24, 2.45) is 5.73 Å². The first kappa shape index (κ1) is 59.9. The van der Waals surface area contributed by atoms with Crippen molar-refractivity contribution in [1.82, 2.24) is 0 Å². The molecule has 0 aliphatic heterocycles. The number of phosphoric acid groups is 1. The van der Waals surface area contributed by atoms with Gasteiger partial charge in [0.05, 0.1) is 13.2 Å². The Morgan fingerprint density at radius 3 is 1.30 bits per heavy atom. The van der Waals surface area contributed by atoms with Crippen molar-refractivity contribution in [3.8, 4) is 0 Å². The highest BCUT2D eigenvalue weighted by atomic mass is 31.2. The van der Waals surface area contributed by atoms with Crippen LogP contribution in [-0.2, 0) is 32.7 Å². The number of carbonyl (C=O) groups is 2. The van der Waals surface area contributed by atoms with Crippen LogP contribution in [0.15, 0.2) is 97.2 Å². The Morgan fingerprint density at radius 1 is 0.492 bits per heavy atom. The minimum absolute atomic E-state index is 0.0423. The van der Waals surface area contributed by atoms with Crippen LogP contribution in [0.5, 0.6) is 0 Å². The van der Waals surface area contributed by atoms with Crippen LogP contribution in [-0.4, -0.2) is 49.3 Å². The van der Waals surface area contributed by atoms with E-state index in [4.69, 9.17) is 24.3 Å². The van der Waals surface area contributed by atoms with Gasteiger partial charge in [-0.2, -0.15) is 0 Å². The van der Waals surface area contributed by atoms with E-state index in [1.807, 2.05) is 0 Å². The molecule has 0 amide bonds. The normalized spacial score (nSPS) is 14.0. The van der Waals surface area contributed by atoms with Crippen LogP contribution in [0.1, 0.15) is 194 Å². The molecule has 0 aromatic rings. The maximum atomic E-state index is 12.6. The third-order valence-electron chi connectivity index (χ3n) is 9.95. The molecule has 2 unspecified atom stereocenters. The summed E-state index contributed by atoms with van der Waals surface area (Å²) in [7, 11) is -4.40. The third kappa shape index (κ3) is 48.2. The van der Waals surface area contributed by atoms with Crippen molar-refractivity contribution in [3.05, 3.63) is 97.2 Å². The van der Waals surface area contributed by atoms with Gasteiger partial charge < -0.3 is 20.1 Å². The summed E-state index contributed by atoms with van der Waals surface area (Å²) in [5.41, 5.74) is 5.36. The van der Waals surface area contributed by atoms with Crippen molar-refractivity contribution in [2.45, 2.75) is 200 Å². The second-order valence-electron chi connectivity index (χ2n) is 15.9. The molecular formula is C53H90NO8P. The minimum atomic E-state index is -4.40. The number of nitrogens with two attached hydrogens (primary N) is 1. The molecule has 0 fully saturated rings. The van der Waals surface area contributed by atoms with E-state index in [1.54, 1.807) is 0 Å². The molecule has 63 heavy (non-hydrogen) atoms. The second-order valence-corrected chi connectivity index (χ2v) is 17.4. The van der Waals surface area contributed by atoms with Crippen LogP contribution >= 0.6 is 7.82 Å². The SMILES string of the molecule is CC/C=C\C/C=C\C/C=C\C/C=C\C/C=C\CCCCCCCC(=O)OC(COC(=O)CCCCCCCC/C=C\C/C=C\C/C=C\CCCCCCC)COP(=O)(O)OCCN. The Hall–Kier alpha value is -3.07. The van der Waals surface area contributed by atoms with Crippen LogP contribution in [0, 0.1) is 0 Å². The Balaban J connectivity index is 4.18. The first-order chi connectivity index (χ1) is 30.8. The number of rotatable bonds is 45. The number of hydrogen-bond acceptors (Lipinski definition) is 8. The monoisotopic (exact) mass is 900 g/mol. The zero-order chi connectivity index (χ0) is 46.0. The molecule has 0 aromatic carbocycles. The molecule has 10 heteroatoms. The van der Waals surface area contributed by atoms with Crippen LogP contribution in [0.2, 0.25) is 0 Å². The van der Waals surface area contributed by atoms with Gasteiger partial charge in [0, 0.05) is 19.4 Å². The number of esters is 2. The number of ether oxygens (including phenoxy) is 2. The van der Waals surface area contributed by atoms with Gasteiger partial charge in [-0.25, -0.2) is 4.57 Å². The lowest BCUT2D eigenvalue weighted by molar-refractivity contribution is -0.161. The van der Waals surface area contributed by atoms with Gasteiger partial charge in [0.1, 0.15) is 6.61 Å². The predicted octanol–water partition coefficient (Wildman–Crippen LogP) is 14.9. The second kappa shape index (κ2) is 48.4. The topological polar surface area (TPSA) is 134 Å². The molecule has 0 saturated carbocycles.